The maximum Gasteiger partial charge on any atom is 0.409 e. The molecule has 0 aliphatic carbocycles. The molecular formula is C25H29N3O6. The van der Waals surface area contributed by atoms with Crippen molar-refractivity contribution >= 4 is 29.6 Å². The first-order valence-corrected chi connectivity index (χ1v) is 11.2. The Morgan fingerprint density at radius 2 is 1.74 bits per heavy atom. The fourth-order valence-electron chi connectivity index (χ4n) is 3.65. The first-order chi connectivity index (χ1) is 16.4. The van der Waals surface area contributed by atoms with Crippen molar-refractivity contribution in [2.24, 2.45) is 0 Å². The van der Waals surface area contributed by atoms with Gasteiger partial charge in [0, 0.05) is 24.7 Å². The number of rotatable bonds is 7. The number of carbonyl (C=O) groups excluding carboxylic acids is 4. The smallest absolute Gasteiger partial charge is 0.409 e. The van der Waals surface area contributed by atoms with E-state index in [0.29, 0.717) is 43.8 Å². The molecule has 3 amide bonds. The number of para-hydroxylation sites is 1. The molecule has 1 fully saturated rings. The van der Waals surface area contributed by atoms with Gasteiger partial charge in [0.1, 0.15) is 0 Å². The summed E-state index contributed by atoms with van der Waals surface area (Å²) in [5.74, 6) is -1.49. The quantitative estimate of drug-likeness (QED) is 0.605. The summed E-state index contributed by atoms with van der Waals surface area (Å²) < 4.78 is 10.2. The highest BCUT2D eigenvalue weighted by molar-refractivity contribution is 6.08. The van der Waals surface area contributed by atoms with E-state index >= 15 is 0 Å². The Balaban J connectivity index is 1.50. The van der Waals surface area contributed by atoms with E-state index in [4.69, 9.17) is 9.47 Å². The van der Waals surface area contributed by atoms with Gasteiger partial charge in [0.05, 0.1) is 17.9 Å². The SMILES string of the molecule is CCOC(=O)N1CCC(NC(=O)COC(=O)c2ccccc2NC(=O)c2cccc(C)c2)CC1. The normalized spacial score (nSPS) is 13.6. The number of anilines is 1. The summed E-state index contributed by atoms with van der Waals surface area (Å²) in [4.78, 5) is 50.8. The summed E-state index contributed by atoms with van der Waals surface area (Å²) in [6.45, 7) is 4.48. The average Bonchev–Trinajstić information content (AvgIpc) is 2.83. The second-order valence-corrected chi connectivity index (χ2v) is 7.97. The van der Waals surface area contributed by atoms with Crippen LogP contribution in [0.5, 0.6) is 0 Å². The average molecular weight is 468 g/mol. The van der Waals surface area contributed by atoms with E-state index in [-0.39, 0.29) is 23.6 Å². The van der Waals surface area contributed by atoms with E-state index in [1.165, 1.54) is 6.07 Å². The number of piperidine rings is 1. The molecule has 1 saturated heterocycles. The molecule has 0 unspecified atom stereocenters. The van der Waals surface area contributed by atoms with Gasteiger partial charge in [0.2, 0.25) is 0 Å². The summed E-state index contributed by atoms with van der Waals surface area (Å²) in [5.41, 5.74) is 1.86. The third kappa shape index (κ3) is 6.81. The first kappa shape index (κ1) is 24.8. The number of nitrogens with one attached hydrogen (secondary N) is 2. The Labute approximate surface area is 198 Å². The van der Waals surface area contributed by atoms with E-state index in [9.17, 15) is 19.2 Å². The van der Waals surface area contributed by atoms with Gasteiger partial charge in [-0.15, -0.1) is 0 Å². The van der Waals surface area contributed by atoms with Crippen LogP contribution in [0.2, 0.25) is 0 Å². The topological polar surface area (TPSA) is 114 Å². The number of carbonyl (C=O) groups is 4. The lowest BCUT2D eigenvalue weighted by Gasteiger charge is -2.31. The van der Waals surface area contributed by atoms with Gasteiger partial charge in [-0.3, -0.25) is 9.59 Å². The van der Waals surface area contributed by atoms with Crippen LogP contribution in [0.1, 0.15) is 46.0 Å². The van der Waals surface area contributed by atoms with Crippen LogP contribution in [0, 0.1) is 6.92 Å². The molecule has 1 aliphatic rings. The van der Waals surface area contributed by atoms with Gasteiger partial charge in [-0.2, -0.15) is 0 Å². The molecule has 0 saturated carbocycles. The van der Waals surface area contributed by atoms with Crippen LogP contribution < -0.4 is 10.6 Å². The van der Waals surface area contributed by atoms with E-state index in [1.54, 1.807) is 48.2 Å². The molecule has 9 nitrogen and oxygen atoms in total. The molecule has 2 aromatic carbocycles. The molecule has 3 rings (SSSR count). The number of hydrogen-bond donors (Lipinski definition) is 2. The second-order valence-electron chi connectivity index (χ2n) is 7.97. The zero-order chi connectivity index (χ0) is 24.5. The fraction of sp³-hybridized carbons (Fsp3) is 0.360. The number of amides is 3. The standard InChI is InChI=1S/C25H29N3O6/c1-3-33-25(32)28-13-11-19(12-14-28)26-22(29)16-34-24(31)20-9-4-5-10-21(20)27-23(30)18-8-6-7-17(2)15-18/h4-10,15,19H,3,11-14,16H2,1-2H3,(H,26,29)(H,27,30). The van der Waals surface area contributed by atoms with Crippen LogP contribution in [-0.4, -0.2) is 61.1 Å². The summed E-state index contributed by atoms with van der Waals surface area (Å²) in [5, 5.41) is 5.55. The van der Waals surface area contributed by atoms with Crippen LogP contribution in [0.3, 0.4) is 0 Å². The van der Waals surface area contributed by atoms with Crippen molar-refractivity contribution in [3.8, 4) is 0 Å². The monoisotopic (exact) mass is 467 g/mol. The Hall–Kier alpha value is -3.88. The predicted molar refractivity (Wildman–Crippen MR) is 126 cm³/mol. The van der Waals surface area contributed by atoms with Gasteiger partial charge >= 0.3 is 12.1 Å². The molecule has 0 aromatic heterocycles. The molecule has 1 aliphatic heterocycles. The van der Waals surface area contributed by atoms with Crippen LogP contribution in [0.4, 0.5) is 10.5 Å². The second kappa shape index (κ2) is 11.8. The van der Waals surface area contributed by atoms with Crippen molar-refractivity contribution in [2.45, 2.75) is 32.7 Å². The minimum Gasteiger partial charge on any atom is -0.452 e. The molecule has 1 heterocycles. The Morgan fingerprint density at radius 3 is 2.44 bits per heavy atom. The van der Waals surface area contributed by atoms with Crippen molar-refractivity contribution < 1.29 is 28.7 Å². The number of likely N-dealkylation sites (tertiary alicyclic amines) is 1. The fourth-order valence-corrected chi connectivity index (χ4v) is 3.65. The number of hydrogen-bond acceptors (Lipinski definition) is 6. The van der Waals surface area contributed by atoms with Crippen LogP contribution in [-0.2, 0) is 14.3 Å². The number of aryl methyl sites for hydroxylation is 1. The van der Waals surface area contributed by atoms with Crippen LogP contribution >= 0.6 is 0 Å². The number of benzene rings is 2. The van der Waals surface area contributed by atoms with E-state index in [2.05, 4.69) is 10.6 Å². The third-order valence-electron chi connectivity index (χ3n) is 5.40. The van der Waals surface area contributed by atoms with Crippen LogP contribution in [0.15, 0.2) is 48.5 Å². The maximum absolute atomic E-state index is 12.6. The molecule has 34 heavy (non-hydrogen) atoms. The maximum atomic E-state index is 12.6. The largest absolute Gasteiger partial charge is 0.452 e. The van der Waals surface area contributed by atoms with E-state index < -0.39 is 18.5 Å². The van der Waals surface area contributed by atoms with Crippen molar-refractivity contribution in [2.75, 3.05) is 31.6 Å². The van der Waals surface area contributed by atoms with Gasteiger partial charge in [0.25, 0.3) is 11.8 Å². The van der Waals surface area contributed by atoms with Crippen molar-refractivity contribution in [3.05, 3.63) is 65.2 Å². The molecule has 0 radical (unpaired) electrons. The summed E-state index contributed by atoms with van der Waals surface area (Å²) in [7, 11) is 0. The summed E-state index contributed by atoms with van der Waals surface area (Å²) >= 11 is 0. The van der Waals surface area contributed by atoms with E-state index in [1.807, 2.05) is 13.0 Å². The molecule has 2 N–H and O–H groups in total. The number of ether oxygens (including phenoxy) is 2. The molecule has 2 aromatic rings. The minimum absolute atomic E-state index is 0.113. The highest BCUT2D eigenvalue weighted by Crippen LogP contribution is 2.18. The predicted octanol–water partition coefficient (Wildman–Crippen LogP) is 3.14. The molecule has 0 bridgehead atoms. The van der Waals surface area contributed by atoms with Gasteiger partial charge < -0.3 is 25.0 Å². The lowest BCUT2D eigenvalue weighted by Crippen LogP contribution is -2.47. The van der Waals surface area contributed by atoms with Gasteiger partial charge in [0.15, 0.2) is 6.61 Å². The minimum atomic E-state index is -0.715. The molecule has 0 spiro atoms. The highest BCUT2D eigenvalue weighted by atomic mass is 16.6. The molecule has 9 heteroatoms. The summed E-state index contributed by atoms with van der Waals surface area (Å²) in [6.07, 6.45) is 0.827. The lowest BCUT2D eigenvalue weighted by molar-refractivity contribution is -0.125. The molecule has 180 valence electrons. The molecular weight excluding hydrogens is 438 g/mol. The zero-order valence-corrected chi connectivity index (χ0v) is 19.3. The van der Waals surface area contributed by atoms with Gasteiger partial charge in [-0.1, -0.05) is 29.8 Å². The van der Waals surface area contributed by atoms with Crippen molar-refractivity contribution in [1.29, 1.82) is 0 Å². The van der Waals surface area contributed by atoms with Gasteiger partial charge in [-0.05, 0) is 51.0 Å². The third-order valence-corrected chi connectivity index (χ3v) is 5.40. The van der Waals surface area contributed by atoms with Crippen LogP contribution in [0.25, 0.3) is 0 Å². The Bertz CT molecular complexity index is 1050. The zero-order valence-electron chi connectivity index (χ0n) is 19.3. The first-order valence-electron chi connectivity index (χ1n) is 11.2. The summed E-state index contributed by atoms with van der Waals surface area (Å²) in [6, 6.07) is 13.5. The van der Waals surface area contributed by atoms with Crippen molar-refractivity contribution in [1.82, 2.24) is 10.2 Å². The van der Waals surface area contributed by atoms with E-state index in [0.717, 1.165) is 5.56 Å². The Morgan fingerprint density at radius 1 is 1.00 bits per heavy atom. The number of nitrogens with zero attached hydrogens (tertiary/aromatic N) is 1. The van der Waals surface area contributed by atoms with Gasteiger partial charge in [-0.25, -0.2) is 9.59 Å². The highest BCUT2D eigenvalue weighted by Gasteiger charge is 2.25. The lowest BCUT2D eigenvalue weighted by atomic mass is 10.1. The number of esters is 1. The molecule has 0 atom stereocenters. The van der Waals surface area contributed by atoms with Crippen molar-refractivity contribution in [3.63, 3.8) is 0 Å². The Kier molecular flexibility index (Phi) is 8.61.